The largest absolute Gasteiger partial charge is 0.366 e. The minimum Gasteiger partial charge on any atom is -0.366 e. The van der Waals surface area contributed by atoms with Crippen molar-refractivity contribution in [2.75, 3.05) is 10.6 Å². The van der Waals surface area contributed by atoms with E-state index in [1.54, 1.807) is 43.6 Å². The average Bonchev–Trinajstić information content (AvgIpc) is 2.64. The van der Waals surface area contributed by atoms with E-state index in [4.69, 9.17) is 23.2 Å². The third-order valence-corrected chi connectivity index (χ3v) is 4.31. The fourth-order valence-electron chi connectivity index (χ4n) is 2.25. The SMILES string of the molecule is Cc1nc(NCc2ccncc2)cc(C(=O)Nc2cccc(Cl)c2Cl)n1. The molecule has 0 aliphatic heterocycles. The summed E-state index contributed by atoms with van der Waals surface area (Å²) in [6.45, 7) is 2.28. The summed E-state index contributed by atoms with van der Waals surface area (Å²) in [5.74, 6) is 0.635. The first-order chi connectivity index (χ1) is 12.5. The third kappa shape index (κ3) is 4.47. The highest BCUT2D eigenvalue weighted by Crippen LogP contribution is 2.29. The number of benzene rings is 1. The molecule has 0 saturated carbocycles. The lowest BCUT2D eigenvalue weighted by atomic mass is 10.2. The summed E-state index contributed by atoms with van der Waals surface area (Å²) in [4.78, 5) is 25.0. The Labute approximate surface area is 160 Å². The minimum absolute atomic E-state index is 0.228. The van der Waals surface area contributed by atoms with Gasteiger partial charge in [0.15, 0.2) is 0 Å². The number of hydrogen-bond donors (Lipinski definition) is 2. The fourth-order valence-corrected chi connectivity index (χ4v) is 2.60. The standard InChI is InChI=1S/C18H15Cl2N5O/c1-11-23-15(18(26)25-14-4-2-3-13(19)17(14)20)9-16(24-11)22-10-12-5-7-21-8-6-12/h2-9H,10H2,1H3,(H,25,26)(H,22,23,24). The van der Waals surface area contributed by atoms with Gasteiger partial charge in [-0.15, -0.1) is 0 Å². The summed E-state index contributed by atoms with van der Waals surface area (Å²) >= 11 is 12.1. The van der Waals surface area contributed by atoms with Crippen molar-refractivity contribution >= 4 is 40.6 Å². The number of rotatable bonds is 5. The van der Waals surface area contributed by atoms with Crippen LogP contribution < -0.4 is 10.6 Å². The molecule has 0 saturated heterocycles. The summed E-state index contributed by atoms with van der Waals surface area (Å²) in [5, 5.41) is 6.53. The molecule has 0 atom stereocenters. The number of nitrogens with one attached hydrogen (secondary N) is 2. The van der Waals surface area contributed by atoms with E-state index in [0.29, 0.717) is 28.9 Å². The number of pyridine rings is 1. The van der Waals surface area contributed by atoms with Crippen LogP contribution in [0.15, 0.2) is 48.8 Å². The van der Waals surface area contributed by atoms with Gasteiger partial charge in [0, 0.05) is 25.0 Å². The molecule has 8 heteroatoms. The van der Waals surface area contributed by atoms with E-state index in [1.165, 1.54) is 0 Å². The van der Waals surface area contributed by atoms with Crippen LogP contribution in [-0.4, -0.2) is 20.9 Å². The van der Waals surface area contributed by atoms with Gasteiger partial charge in [-0.25, -0.2) is 9.97 Å². The van der Waals surface area contributed by atoms with Gasteiger partial charge in [0.25, 0.3) is 5.91 Å². The second-order valence-electron chi connectivity index (χ2n) is 5.45. The summed E-state index contributed by atoms with van der Waals surface area (Å²) in [6.07, 6.45) is 3.44. The van der Waals surface area contributed by atoms with Crippen molar-refractivity contribution in [2.45, 2.75) is 13.5 Å². The van der Waals surface area contributed by atoms with Crippen molar-refractivity contribution in [2.24, 2.45) is 0 Å². The second kappa shape index (κ2) is 8.12. The Morgan fingerprint density at radius 3 is 2.65 bits per heavy atom. The zero-order valence-electron chi connectivity index (χ0n) is 13.8. The van der Waals surface area contributed by atoms with E-state index in [2.05, 4.69) is 25.6 Å². The van der Waals surface area contributed by atoms with E-state index >= 15 is 0 Å². The normalized spacial score (nSPS) is 10.4. The molecule has 1 amide bonds. The first kappa shape index (κ1) is 18.1. The van der Waals surface area contributed by atoms with Gasteiger partial charge >= 0.3 is 0 Å². The highest BCUT2D eigenvalue weighted by Gasteiger charge is 2.13. The number of aryl methyl sites for hydroxylation is 1. The number of halogens is 2. The number of hydrogen-bond acceptors (Lipinski definition) is 5. The zero-order valence-corrected chi connectivity index (χ0v) is 15.3. The molecule has 0 aliphatic rings. The van der Waals surface area contributed by atoms with Gasteiger partial charge in [-0.05, 0) is 36.8 Å². The maximum absolute atomic E-state index is 12.5. The van der Waals surface area contributed by atoms with E-state index in [-0.39, 0.29) is 10.7 Å². The van der Waals surface area contributed by atoms with Crippen LogP contribution in [0.5, 0.6) is 0 Å². The monoisotopic (exact) mass is 387 g/mol. The molecule has 2 N–H and O–H groups in total. The summed E-state index contributed by atoms with van der Waals surface area (Å²) in [7, 11) is 0. The van der Waals surface area contributed by atoms with Crippen molar-refractivity contribution in [1.29, 1.82) is 0 Å². The molecule has 0 spiro atoms. The molecular formula is C18H15Cl2N5O. The van der Waals surface area contributed by atoms with Gasteiger partial charge in [-0.1, -0.05) is 29.3 Å². The van der Waals surface area contributed by atoms with Crippen LogP contribution in [0.4, 0.5) is 11.5 Å². The predicted molar refractivity (Wildman–Crippen MR) is 103 cm³/mol. The Hall–Kier alpha value is -2.70. The fraction of sp³-hybridized carbons (Fsp3) is 0.111. The highest BCUT2D eigenvalue weighted by atomic mass is 35.5. The molecule has 0 bridgehead atoms. The van der Waals surface area contributed by atoms with Crippen LogP contribution in [0.25, 0.3) is 0 Å². The van der Waals surface area contributed by atoms with E-state index in [9.17, 15) is 4.79 Å². The van der Waals surface area contributed by atoms with E-state index in [1.807, 2.05) is 12.1 Å². The molecule has 3 rings (SSSR count). The van der Waals surface area contributed by atoms with Crippen molar-refractivity contribution in [3.63, 3.8) is 0 Å². The maximum Gasteiger partial charge on any atom is 0.274 e. The molecule has 6 nitrogen and oxygen atoms in total. The molecule has 132 valence electrons. The number of anilines is 2. The lowest BCUT2D eigenvalue weighted by Gasteiger charge is -2.10. The molecule has 0 fully saturated rings. The maximum atomic E-state index is 12.5. The first-order valence-corrected chi connectivity index (χ1v) is 8.52. The molecular weight excluding hydrogens is 373 g/mol. The van der Waals surface area contributed by atoms with Gasteiger partial charge in [0.05, 0.1) is 15.7 Å². The van der Waals surface area contributed by atoms with Crippen molar-refractivity contribution in [3.05, 3.63) is 75.9 Å². The summed E-state index contributed by atoms with van der Waals surface area (Å²) < 4.78 is 0. The van der Waals surface area contributed by atoms with Crippen LogP contribution >= 0.6 is 23.2 Å². The lowest BCUT2D eigenvalue weighted by molar-refractivity contribution is 0.102. The van der Waals surface area contributed by atoms with Crippen LogP contribution in [-0.2, 0) is 6.54 Å². The molecule has 2 aromatic heterocycles. The molecule has 26 heavy (non-hydrogen) atoms. The smallest absolute Gasteiger partial charge is 0.274 e. The van der Waals surface area contributed by atoms with Crippen molar-refractivity contribution in [3.8, 4) is 0 Å². The number of carbonyl (C=O) groups excluding carboxylic acids is 1. The van der Waals surface area contributed by atoms with Gasteiger partial charge in [-0.3, -0.25) is 9.78 Å². The van der Waals surface area contributed by atoms with E-state index in [0.717, 1.165) is 5.56 Å². The van der Waals surface area contributed by atoms with Gasteiger partial charge in [0.1, 0.15) is 17.3 Å². The predicted octanol–water partition coefficient (Wildman–Crippen LogP) is 4.35. The molecule has 0 radical (unpaired) electrons. The summed E-state index contributed by atoms with van der Waals surface area (Å²) in [5.41, 5.74) is 1.70. The zero-order chi connectivity index (χ0) is 18.5. The van der Waals surface area contributed by atoms with Crippen LogP contribution in [0.2, 0.25) is 10.0 Å². The number of amides is 1. The summed E-state index contributed by atoms with van der Waals surface area (Å²) in [6, 6.07) is 10.4. The molecule has 2 heterocycles. The minimum atomic E-state index is -0.397. The van der Waals surface area contributed by atoms with Crippen LogP contribution in [0, 0.1) is 6.92 Å². The van der Waals surface area contributed by atoms with Crippen molar-refractivity contribution in [1.82, 2.24) is 15.0 Å². The molecule has 0 aliphatic carbocycles. The Balaban J connectivity index is 1.76. The number of aromatic nitrogens is 3. The second-order valence-corrected chi connectivity index (χ2v) is 6.24. The molecule has 1 aromatic carbocycles. The number of nitrogens with zero attached hydrogens (tertiary/aromatic N) is 3. The number of carbonyl (C=O) groups is 1. The highest BCUT2D eigenvalue weighted by molar-refractivity contribution is 6.44. The topological polar surface area (TPSA) is 79.8 Å². The Bertz CT molecular complexity index is 934. The van der Waals surface area contributed by atoms with Crippen molar-refractivity contribution < 1.29 is 4.79 Å². The molecule has 3 aromatic rings. The van der Waals surface area contributed by atoms with Crippen LogP contribution in [0.3, 0.4) is 0 Å². The lowest BCUT2D eigenvalue weighted by Crippen LogP contribution is -2.16. The van der Waals surface area contributed by atoms with E-state index < -0.39 is 5.91 Å². The first-order valence-electron chi connectivity index (χ1n) is 7.77. The Morgan fingerprint density at radius 2 is 1.88 bits per heavy atom. The Kier molecular flexibility index (Phi) is 5.65. The van der Waals surface area contributed by atoms with Gasteiger partial charge in [-0.2, -0.15) is 0 Å². The Morgan fingerprint density at radius 1 is 1.12 bits per heavy atom. The van der Waals surface area contributed by atoms with Gasteiger partial charge in [0.2, 0.25) is 0 Å². The van der Waals surface area contributed by atoms with Crippen LogP contribution in [0.1, 0.15) is 21.9 Å². The quantitative estimate of drug-likeness (QED) is 0.679. The third-order valence-electron chi connectivity index (χ3n) is 3.49. The van der Waals surface area contributed by atoms with Gasteiger partial charge < -0.3 is 10.6 Å². The molecule has 0 unspecified atom stereocenters. The average molecular weight is 388 g/mol.